The second kappa shape index (κ2) is 7.92. The first-order chi connectivity index (χ1) is 12.2. The van der Waals surface area contributed by atoms with Crippen molar-refractivity contribution in [2.75, 3.05) is 19.8 Å². The number of ether oxygens (including phenoxy) is 1. The molecular weight excluding hydrogens is 323 g/mol. The quantitative estimate of drug-likeness (QED) is 0.693. The minimum atomic E-state index is -0.375. The van der Waals surface area contributed by atoms with Crippen molar-refractivity contribution in [1.82, 2.24) is 9.55 Å². The van der Waals surface area contributed by atoms with Crippen LogP contribution in [0, 0.1) is 5.82 Å². The molecule has 6 heteroatoms. The lowest BCUT2D eigenvalue weighted by molar-refractivity contribution is 0.201. The number of benzene rings is 2. The molecule has 0 saturated heterocycles. The molecular formula is C19H19FN2O3. The Morgan fingerprint density at radius 3 is 2.64 bits per heavy atom. The van der Waals surface area contributed by atoms with E-state index < -0.39 is 0 Å². The highest BCUT2D eigenvalue weighted by Crippen LogP contribution is 2.28. The second-order valence-electron chi connectivity index (χ2n) is 5.51. The third kappa shape index (κ3) is 3.87. The maximum absolute atomic E-state index is 13.2. The number of halogens is 1. The largest absolute Gasteiger partial charge is 0.491 e. The van der Waals surface area contributed by atoms with E-state index in [2.05, 4.69) is 4.98 Å². The zero-order valence-electron chi connectivity index (χ0n) is 13.5. The standard InChI is InChI=1S/C19H19FN2O3/c20-16-6-4-14(5-7-16)18(13-24)22-9-8-21-19(22)15-2-1-3-17(12-15)25-11-10-23/h1-9,12,18,23-24H,10-11,13H2. The molecule has 1 aromatic heterocycles. The minimum Gasteiger partial charge on any atom is -0.491 e. The summed E-state index contributed by atoms with van der Waals surface area (Å²) in [5.41, 5.74) is 1.61. The molecule has 0 aliphatic rings. The molecule has 3 aromatic rings. The number of hydrogen-bond acceptors (Lipinski definition) is 4. The summed E-state index contributed by atoms with van der Waals surface area (Å²) in [6, 6.07) is 13.0. The molecule has 1 heterocycles. The van der Waals surface area contributed by atoms with Crippen LogP contribution in [0.3, 0.4) is 0 Å². The van der Waals surface area contributed by atoms with E-state index in [1.807, 2.05) is 22.8 Å². The summed E-state index contributed by atoms with van der Waals surface area (Å²) in [5.74, 6) is 0.973. The van der Waals surface area contributed by atoms with Crippen LogP contribution >= 0.6 is 0 Å². The van der Waals surface area contributed by atoms with E-state index in [1.54, 1.807) is 30.6 Å². The van der Waals surface area contributed by atoms with Crippen LogP contribution in [0.15, 0.2) is 60.9 Å². The van der Waals surface area contributed by atoms with Crippen LogP contribution in [0.2, 0.25) is 0 Å². The summed E-state index contributed by atoms with van der Waals surface area (Å²) >= 11 is 0. The van der Waals surface area contributed by atoms with E-state index in [-0.39, 0.29) is 31.7 Å². The molecule has 130 valence electrons. The van der Waals surface area contributed by atoms with E-state index in [1.165, 1.54) is 12.1 Å². The summed E-state index contributed by atoms with van der Waals surface area (Å²) < 4.78 is 20.5. The number of aromatic nitrogens is 2. The fraction of sp³-hybridized carbons (Fsp3) is 0.211. The SMILES string of the molecule is OCCOc1cccc(-c2nccn2C(CO)c2ccc(F)cc2)c1. The lowest BCUT2D eigenvalue weighted by Crippen LogP contribution is -2.15. The van der Waals surface area contributed by atoms with Crippen LogP contribution in [-0.2, 0) is 0 Å². The van der Waals surface area contributed by atoms with Gasteiger partial charge in [-0.1, -0.05) is 24.3 Å². The fourth-order valence-corrected chi connectivity index (χ4v) is 2.72. The second-order valence-corrected chi connectivity index (χ2v) is 5.51. The Labute approximate surface area is 145 Å². The maximum Gasteiger partial charge on any atom is 0.140 e. The van der Waals surface area contributed by atoms with E-state index >= 15 is 0 Å². The summed E-state index contributed by atoms with van der Waals surface area (Å²) in [7, 11) is 0. The summed E-state index contributed by atoms with van der Waals surface area (Å²) in [4.78, 5) is 4.39. The van der Waals surface area contributed by atoms with Gasteiger partial charge in [0.15, 0.2) is 0 Å². The number of imidazole rings is 1. The van der Waals surface area contributed by atoms with Gasteiger partial charge in [-0.3, -0.25) is 0 Å². The number of aliphatic hydroxyl groups excluding tert-OH is 2. The average Bonchev–Trinajstić information content (AvgIpc) is 3.12. The van der Waals surface area contributed by atoms with Crippen molar-refractivity contribution >= 4 is 0 Å². The van der Waals surface area contributed by atoms with Gasteiger partial charge in [-0.2, -0.15) is 0 Å². The summed E-state index contributed by atoms with van der Waals surface area (Å²) in [5, 5.41) is 18.7. The summed E-state index contributed by atoms with van der Waals surface area (Å²) in [6.45, 7) is 0.0123. The van der Waals surface area contributed by atoms with Gasteiger partial charge in [0.2, 0.25) is 0 Å². The zero-order valence-corrected chi connectivity index (χ0v) is 13.5. The molecule has 25 heavy (non-hydrogen) atoms. The summed E-state index contributed by atoms with van der Waals surface area (Å²) in [6.07, 6.45) is 3.43. The fourth-order valence-electron chi connectivity index (χ4n) is 2.72. The predicted molar refractivity (Wildman–Crippen MR) is 91.9 cm³/mol. The molecule has 2 N–H and O–H groups in total. The highest BCUT2D eigenvalue weighted by molar-refractivity contribution is 5.58. The van der Waals surface area contributed by atoms with Gasteiger partial charge in [-0.15, -0.1) is 0 Å². The lowest BCUT2D eigenvalue weighted by Gasteiger charge is -2.19. The van der Waals surface area contributed by atoms with Crippen molar-refractivity contribution in [3.8, 4) is 17.1 Å². The molecule has 1 atom stereocenters. The molecule has 0 spiro atoms. The number of rotatable bonds is 7. The van der Waals surface area contributed by atoms with Gasteiger partial charge < -0.3 is 19.5 Å². The van der Waals surface area contributed by atoms with Crippen molar-refractivity contribution in [2.45, 2.75) is 6.04 Å². The van der Waals surface area contributed by atoms with Gasteiger partial charge in [0.1, 0.15) is 24.0 Å². The maximum atomic E-state index is 13.2. The average molecular weight is 342 g/mol. The smallest absolute Gasteiger partial charge is 0.140 e. The van der Waals surface area contributed by atoms with E-state index in [4.69, 9.17) is 9.84 Å². The predicted octanol–water partition coefficient (Wildman–Crippen LogP) is 2.64. The molecule has 0 amide bonds. The van der Waals surface area contributed by atoms with Crippen LogP contribution in [0.1, 0.15) is 11.6 Å². The Morgan fingerprint density at radius 2 is 1.92 bits per heavy atom. The molecule has 0 aliphatic carbocycles. The van der Waals surface area contributed by atoms with Crippen molar-refractivity contribution in [1.29, 1.82) is 0 Å². The molecule has 3 rings (SSSR count). The van der Waals surface area contributed by atoms with Crippen molar-refractivity contribution in [3.05, 3.63) is 72.3 Å². The van der Waals surface area contributed by atoms with Gasteiger partial charge in [-0.05, 0) is 29.8 Å². The van der Waals surface area contributed by atoms with Gasteiger partial charge in [0, 0.05) is 18.0 Å². The van der Waals surface area contributed by atoms with Crippen molar-refractivity contribution < 1.29 is 19.3 Å². The van der Waals surface area contributed by atoms with Crippen LogP contribution in [-0.4, -0.2) is 39.6 Å². The number of hydrogen-bond donors (Lipinski definition) is 2. The van der Waals surface area contributed by atoms with Crippen LogP contribution < -0.4 is 4.74 Å². The molecule has 0 radical (unpaired) electrons. The van der Waals surface area contributed by atoms with E-state index in [0.717, 1.165) is 11.1 Å². The number of nitrogens with zero attached hydrogens (tertiary/aromatic N) is 2. The Balaban J connectivity index is 1.95. The Kier molecular flexibility index (Phi) is 5.42. The molecule has 1 unspecified atom stereocenters. The first-order valence-electron chi connectivity index (χ1n) is 7.96. The minimum absolute atomic E-state index is 0.0595. The lowest BCUT2D eigenvalue weighted by atomic mass is 10.1. The monoisotopic (exact) mass is 342 g/mol. The highest BCUT2D eigenvalue weighted by Gasteiger charge is 2.17. The van der Waals surface area contributed by atoms with E-state index in [9.17, 15) is 9.50 Å². The molecule has 0 fully saturated rings. The number of aliphatic hydroxyl groups is 2. The normalized spacial score (nSPS) is 12.1. The highest BCUT2D eigenvalue weighted by atomic mass is 19.1. The van der Waals surface area contributed by atoms with Crippen LogP contribution in [0.4, 0.5) is 4.39 Å². The van der Waals surface area contributed by atoms with Gasteiger partial charge in [-0.25, -0.2) is 9.37 Å². The topological polar surface area (TPSA) is 67.5 Å². The Morgan fingerprint density at radius 1 is 1.12 bits per heavy atom. The Bertz CT molecular complexity index is 818. The van der Waals surface area contributed by atoms with Crippen LogP contribution in [0.25, 0.3) is 11.4 Å². The van der Waals surface area contributed by atoms with Gasteiger partial charge in [0.25, 0.3) is 0 Å². The van der Waals surface area contributed by atoms with Crippen LogP contribution in [0.5, 0.6) is 5.75 Å². The first-order valence-corrected chi connectivity index (χ1v) is 7.96. The Hall–Kier alpha value is -2.70. The zero-order chi connectivity index (χ0) is 17.6. The molecule has 0 bridgehead atoms. The van der Waals surface area contributed by atoms with Crippen molar-refractivity contribution in [3.63, 3.8) is 0 Å². The third-order valence-electron chi connectivity index (χ3n) is 3.88. The van der Waals surface area contributed by atoms with E-state index in [0.29, 0.717) is 11.6 Å². The van der Waals surface area contributed by atoms with Gasteiger partial charge in [0.05, 0.1) is 19.3 Å². The first kappa shape index (κ1) is 17.1. The molecule has 0 aliphatic heterocycles. The van der Waals surface area contributed by atoms with Crippen molar-refractivity contribution in [2.24, 2.45) is 0 Å². The molecule has 5 nitrogen and oxygen atoms in total. The van der Waals surface area contributed by atoms with Gasteiger partial charge >= 0.3 is 0 Å². The molecule has 2 aromatic carbocycles. The third-order valence-corrected chi connectivity index (χ3v) is 3.88. The molecule has 0 saturated carbocycles.